The van der Waals surface area contributed by atoms with Gasteiger partial charge in [0.2, 0.25) is 0 Å². The van der Waals surface area contributed by atoms with Gasteiger partial charge in [0.15, 0.2) is 5.78 Å². The maximum atomic E-state index is 11.8. The van der Waals surface area contributed by atoms with Gasteiger partial charge in [-0.05, 0) is 30.5 Å². The average molecular weight is 298 g/mol. The molecular weight excluding hydrogens is 276 g/mol. The van der Waals surface area contributed by atoms with Crippen molar-refractivity contribution in [2.45, 2.75) is 44.7 Å². The van der Waals surface area contributed by atoms with E-state index < -0.39 is 36.8 Å². The molecule has 1 aromatic rings. The molecule has 21 heavy (non-hydrogen) atoms. The molecule has 0 radical (unpaired) electrons. The number of benzene rings is 1. The quantitative estimate of drug-likeness (QED) is 0.434. The molecule has 0 fully saturated rings. The van der Waals surface area contributed by atoms with Crippen LogP contribution in [0.25, 0.3) is 0 Å². The third kappa shape index (κ3) is 4.59. The highest BCUT2D eigenvalue weighted by molar-refractivity contribution is 5.87. The second-order valence-corrected chi connectivity index (χ2v) is 5.23. The van der Waals surface area contributed by atoms with E-state index in [1.807, 2.05) is 26.0 Å². The third-order valence-electron chi connectivity index (χ3n) is 3.53. The molecular formula is C15H22O6. The highest BCUT2D eigenvalue weighted by Gasteiger charge is 2.33. The molecule has 0 aliphatic heterocycles. The maximum Gasteiger partial charge on any atom is 0.192 e. The number of hydrogen-bond donors (Lipinski definition) is 5. The summed E-state index contributed by atoms with van der Waals surface area (Å²) < 4.78 is 0. The van der Waals surface area contributed by atoms with Crippen molar-refractivity contribution in [3.63, 3.8) is 0 Å². The molecule has 4 atom stereocenters. The van der Waals surface area contributed by atoms with Crippen molar-refractivity contribution in [3.8, 4) is 0 Å². The Bertz CT molecular complexity index is 487. The molecule has 118 valence electrons. The van der Waals surface area contributed by atoms with E-state index in [0.29, 0.717) is 0 Å². The minimum absolute atomic E-state index is 0.00104. The molecule has 0 aliphatic carbocycles. The molecule has 1 unspecified atom stereocenters. The summed E-state index contributed by atoms with van der Waals surface area (Å²) in [4.78, 5) is 11.8. The molecule has 5 N–H and O–H groups in total. The van der Waals surface area contributed by atoms with Crippen LogP contribution in [-0.2, 0) is 11.2 Å². The van der Waals surface area contributed by atoms with Crippen LogP contribution in [0.4, 0.5) is 0 Å². The van der Waals surface area contributed by atoms with E-state index in [2.05, 4.69) is 0 Å². The number of rotatable bonds is 7. The molecule has 0 saturated heterocycles. The van der Waals surface area contributed by atoms with Gasteiger partial charge < -0.3 is 25.5 Å². The van der Waals surface area contributed by atoms with Gasteiger partial charge in [0, 0.05) is 6.42 Å². The van der Waals surface area contributed by atoms with Gasteiger partial charge >= 0.3 is 0 Å². The fourth-order valence-corrected chi connectivity index (χ4v) is 1.94. The second-order valence-electron chi connectivity index (χ2n) is 5.23. The molecule has 0 heterocycles. The van der Waals surface area contributed by atoms with Crippen molar-refractivity contribution < 1.29 is 30.3 Å². The highest BCUT2D eigenvalue weighted by atomic mass is 16.4. The van der Waals surface area contributed by atoms with E-state index in [9.17, 15) is 25.2 Å². The van der Waals surface area contributed by atoms with Crippen LogP contribution in [0.2, 0.25) is 0 Å². The Morgan fingerprint density at radius 2 is 1.71 bits per heavy atom. The van der Waals surface area contributed by atoms with Crippen LogP contribution in [-0.4, -0.2) is 62.3 Å². The Morgan fingerprint density at radius 3 is 2.24 bits per heavy atom. The lowest BCUT2D eigenvalue weighted by molar-refractivity contribution is -0.148. The zero-order valence-corrected chi connectivity index (χ0v) is 12.1. The topological polar surface area (TPSA) is 118 Å². The predicted octanol–water partition coefficient (Wildman–Crippen LogP) is -1.15. The Labute approximate surface area is 123 Å². The van der Waals surface area contributed by atoms with Gasteiger partial charge in [-0.2, -0.15) is 0 Å². The predicted molar refractivity (Wildman–Crippen MR) is 75.7 cm³/mol. The van der Waals surface area contributed by atoms with Crippen molar-refractivity contribution >= 4 is 5.78 Å². The highest BCUT2D eigenvalue weighted by Crippen LogP contribution is 2.13. The second kappa shape index (κ2) is 7.63. The first kappa shape index (κ1) is 17.7. The number of aliphatic hydroxyl groups excluding tert-OH is 5. The lowest BCUT2D eigenvalue weighted by atomic mass is 9.95. The van der Waals surface area contributed by atoms with Gasteiger partial charge in [0.05, 0.1) is 6.61 Å². The van der Waals surface area contributed by atoms with Crippen molar-refractivity contribution in [1.82, 2.24) is 0 Å². The van der Waals surface area contributed by atoms with Crippen LogP contribution in [0, 0.1) is 13.8 Å². The first-order valence-electron chi connectivity index (χ1n) is 6.71. The van der Waals surface area contributed by atoms with Crippen molar-refractivity contribution in [2.75, 3.05) is 6.61 Å². The first-order chi connectivity index (χ1) is 9.77. The van der Waals surface area contributed by atoms with Crippen molar-refractivity contribution in [1.29, 1.82) is 0 Å². The first-order valence-corrected chi connectivity index (χ1v) is 6.71. The van der Waals surface area contributed by atoms with Crippen LogP contribution in [0.3, 0.4) is 0 Å². The summed E-state index contributed by atoms with van der Waals surface area (Å²) in [5, 5.41) is 46.8. The van der Waals surface area contributed by atoms with E-state index in [-0.39, 0.29) is 6.42 Å². The van der Waals surface area contributed by atoms with E-state index >= 15 is 0 Å². The summed E-state index contributed by atoms with van der Waals surface area (Å²) in [7, 11) is 0. The van der Waals surface area contributed by atoms with Crippen LogP contribution in [0.15, 0.2) is 18.2 Å². The minimum atomic E-state index is -1.95. The fourth-order valence-electron chi connectivity index (χ4n) is 1.94. The zero-order chi connectivity index (χ0) is 16.2. The molecule has 0 bridgehead atoms. The van der Waals surface area contributed by atoms with E-state index in [0.717, 1.165) is 16.7 Å². The smallest absolute Gasteiger partial charge is 0.192 e. The summed E-state index contributed by atoms with van der Waals surface area (Å²) in [5.74, 6) is -0.992. The number of carbonyl (C=O) groups excluding carboxylic acids is 1. The Hall–Kier alpha value is -1.31. The molecule has 1 aromatic carbocycles. The minimum Gasteiger partial charge on any atom is -0.394 e. The van der Waals surface area contributed by atoms with Crippen LogP contribution < -0.4 is 0 Å². The SMILES string of the molecule is Cc1ccc(CC(O)C(=O)[C@H](O)[C@@H](O)[C@H](O)CO)cc1C. The molecule has 0 saturated carbocycles. The van der Waals surface area contributed by atoms with Crippen LogP contribution in [0.5, 0.6) is 0 Å². The van der Waals surface area contributed by atoms with Gasteiger partial charge in [-0.15, -0.1) is 0 Å². The lowest BCUT2D eigenvalue weighted by Crippen LogP contribution is -2.47. The van der Waals surface area contributed by atoms with Crippen molar-refractivity contribution in [3.05, 3.63) is 34.9 Å². The zero-order valence-electron chi connectivity index (χ0n) is 12.1. The maximum absolute atomic E-state index is 11.8. The van der Waals surface area contributed by atoms with Gasteiger partial charge in [-0.1, -0.05) is 18.2 Å². The summed E-state index contributed by atoms with van der Waals surface area (Å²) in [6, 6.07) is 5.46. The van der Waals surface area contributed by atoms with Gasteiger partial charge in [0.1, 0.15) is 24.4 Å². The molecule has 0 aromatic heterocycles. The molecule has 0 aliphatic rings. The largest absolute Gasteiger partial charge is 0.394 e. The lowest BCUT2D eigenvalue weighted by Gasteiger charge is -2.22. The summed E-state index contributed by atoms with van der Waals surface area (Å²) in [5.41, 5.74) is 2.83. The molecule has 6 nitrogen and oxygen atoms in total. The molecule has 0 amide bonds. The van der Waals surface area contributed by atoms with Gasteiger partial charge in [-0.25, -0.2) is 0 Å². The Morgan fingerprint density at radius 1 is 1.10 bits per heavy atom. The number of aliphatic hydroxyl groups is 5. The summed E-state index contributed by atoms with van der Waals surface area (Å²) >= 11 is 0. The number of Topliss-reactive ketones (excluding diaryl/α,β-unsaturated/α-hetero) is 1. The normalized spacial score (nSPS) is 17.1. The number of aryl methyl sites for hydroxylation is 2. The van der Waals surface area contributed by atoms with Crippen molar-refractivity contribution in [2.24, 2.45) is 0 Å². The summed E-state index contributed by atoms with van der Waals surface area (Å²) in [6.07, 6.45) is -6.93. The monoisotopic (exact) mass is 298 g/mol. The molecule has 1 rings (SSSR count). The van der Waals surface area contributed by atoms with Crippen LogP contribution in [0.1, 0.15) is 16.7 Å². The summed E-state index contributed by atoms with van der Waals surface area (Å²) in [6.45, 7) is 3.05. The number of ketones is 1. The van der Waals surface area contributed by atoms with E-state index in [1.54, 1.807) is 6.07 Å². The standard InChI is InChI=1S/C15H22O6/c1-8-3-4-10(5-9(8)2)6-11(17)13(19)15(21)14(20)12(18)7-16/h3-5,11-12,14-18,20-21H,6-7H2,1-2H3/t11?,12-,14+,15+/m1/s1. The van der Waals surface area contributed by atoms with E-state index in [1.165, 1.54) is 0 Å². The molecule has 6 heteroatoms. The van der Waals surface area contributed by atoms with Gasteiger partial charge in [0.25, 0.3) is 0 Å². The average Bonchev–Trinajstić information content (AvgIpc) is 2.47. The van der Waals surface area contributed by atoms with E-state index in [4.69, 9.17) is 5.11 Å². The Balaban J connectivity index is 2.71. The fraction of sp³-hybridized carbons (Fsp3) is 0.533. The van der Waals surface area contributed by atoms with Gasteiger partial charge in [-0.3, -0.25) is 4.79 Å². The third-order valence-corrected chi connectivity index (χ3v) is 3.53. The number of hydrogen-bond acceptors (Lipinski definition) is 6. The molecule has 0 spiro atoms. The Kier molecular flexibility index (Phi) is 6.44. The number of carbonyl (C=O) groups is 1. The van der Waals surface area contributed by atoms with Crippen LogP contribution >= 0.6 is 0 Å².